The summed E-state index contributed by atoms with van der Waals surface area (Å²) in [6.07, 6.45) is 4.77. The summed E-state index contributed by atoms with van der Waals surface area (Å²) in [7, 11) is 0. The summed E-state index contributed by atoms with van der Waals surface area (Å²) < 4.78 is 10.9. The molecule has 0 saturated heterocycles. The molecule has 2 rings (SSSR count). The number of ether oxygens (including phenoxy) is 1. The van der Waals surface area contributed by atoms with E-state index in [1.165, 1.54) is 0 Å². The third-order valence-electron chi connectivity index (χ3n) is 2.70. The monoisotopic (exact) mass is 294 g/mol. The smallest absolute Gasteiger partial charge is 0.258 e. The van der Waals surface area contributed by atoms with E-state index < -0.39 is 0 Å². The molecule has 0 spiro atoms. The highest BCUT2D eigenvalue weighted by Crippen LogP contribution is 2.31. The SMILES string of the molecule is C/C=C/Cc1c(OCCN)noc1-c1ccccc1.Cl. The summed E-state index contributed by atoms with van der Waals surface area (Å²) in [6.45, 7) is 2.87. The fourth-order valence-corrected chi connectivity index (χ4v) is 1.80. The summed E-state index contributed by atoms with van der Waals surface area (Å²) in [4.78, 5) is 0. The molecule has 1 aromatic heterocycles. The van der Waals surface area contributed by atoms with Gasteiger partial charge in [-0.05, 0) is 18.5 Å². The Kier molecular flexibility index (Phi) is 6.84. The number of rotatable bonds is 6. The summed E-state index contributed by atoms with van der Waals surface area (Å²) in [5, 5.41) is 4.00. The van der Waals surface area contributed by atoms with E-state index in [1.54, 1.807) is 0 Å². The van der Waals surface area contributed by atoms with Gasteiger partial charge in [-0.15, -0.1) is 12.4 Å². The van der Waals surface area contributed by atoms with E-state index >= 15 is 0 Å². The molecule has 2 aromatic rings. The average Bonchev–Trinajstić information content (AvgIpc) is 2.86. The highest BCUT2D eigenvalue weighted by molar-refractivity contribution is 5.85. The van der Waals surface area contributed by atoms with Gasteiger partial charge >= 0.3 is 0 Å². The number of nitrogens with zero attached hydrogens (tertiary/aromatic N) is 1. The summed E-state index contributed by atoms with van der Waals surface area (Å²) in [6, 6.07) is 9.89. The Morgan fingerprint density at radius 1 is 1.30 bits per heavy atom. The van der Waals surface area contributed by atoms with Gasteiger partial charge in [0.2, 0.25) is 0 Å². The predicted octanol–water partition coefficient (Wildman–Crippen LogP) is 3.22. The van der Waals surface area contributed by atoms with Gasteiger partial charge in [-0.25, -0.2) is 0 Å². The van der Waals surface area contributed by atoms with Crippen molar-refractivity contribution in [2.24, 2.45) is 5.73 Å². The number of halogens is 1. The fourth-order valence-electron chi connectivity index (χ4n) is 1.80. The van der Waals surface area contributed by atoms with Crippen LogP contribution >= 0.6 is 12.4 Å². The zero-order valence-electron chi connectivity index (χ0n) is 11.4. The fraction of sp³-hybridized carbons (Fsp3) is 0.267. The lowest BCUT2D eigenvalue weighted by Crippen LogP contribution is -2.11. The lowest BCUT2D eigenvalue weighted by Gasteiger charge is -2.03. The van der Waals surface area contributed by atoms with Gasteiger partial charge in [-0.2, -0.15) is 0 Å². The molecule has 0 aliphatic heterocycles. The zero-order chi connectivity index (χ0) is 13.5. The summed E-state index contributed by atoms with van der Waals surface area (Å²) in [5.74, 6) is 1.29. The number of benzene rings is 1. The summed E-state index contributed by atoms with van der Waals surface area (Å²) in [5.41, 5.74) is 7.40. The van der Waals surface area contributed by atoms with E-state index in [0.717, 1.165) is 23.3 Å². The Morgan fingerprint density at radius 2 is 2.05 bits per heavy atom. The number of allylic oxidation sites excluding steroid dienone is 2. The first-order valence-corrected chi connectivity index (χ1v) is 6.34. The molecule has 1 heterocycles. The third kappa shape index (κ3) is 3.85. The highest BCUT2D eigenvalue weighted by atomic mass is 35.5. The van der Waals surface area contributed by atoms with Crippen molar-refractivity contribution in [1.82, 2.24) is 5.16 Å². The van der Waals surface area contributed by atoms with Gasteiger partial charge in [0.15, 0.2) is 5.76 Å². The first-order chi connectivity index (χ1) is 9.36. The molecule has 0 unspecified atom stereocenters. The van der Waals surface area contributed by atoms with E-state index in [2.05, 4.69) is 5.16 Å². The summed E-state index contributed by atoms with van der Waals surface area (Å²) >= 11 is 0. The molecule has 0 aliphatic rings. The molecular weight excluding hydrogens is 276 g/mol. The standard InChI is InChI=1S/C15H18N2O2.ClH/c1-2-3-9-13-14(12-7-5-4-6-8-12)19-17-15(13)18-11-10-16;/h2-8H,9-11,16H2,1H3;1H/b3-2+;. The Hall–Kier alpha value is -1.78. The molecular formula is C15H19ClN2O2. The quantitative estimate of drug-likeness (QED) is 0.831. The second-order valence-corrected chi connectivity index (χ2v) is 4.07. The van der Waals surface area contributed by atoms with Crippen LogP contribution in [-0.4, -0.2) is 18.3 Å². The molecule has 0 fully saturated rings. The maximum absolute atomic E-state index is 5.52. The van der Waals surface area contributed by atoms with Crippen LogP contribution in [0.25, 0.3) is 11.3 Å². The molecule has 4 nitrogen and oxygen atoms in total. The van der Waals surface area contributed by atoms with E-state index in [9.17, 15) is 0 Å². The van der Waals surface area contributed by atoms with E-state index in [4.69, 9.17) is 15.0 Å². The van der Waals surface area contributed by atoms with Crippen molar-refractivity contribution >= 4 is 12.4 Å². The zero-order valence-corrected chi connectivity index (χ0v) is 12.2. The lowest BCUT2D eigenvalue weighted by atomic mass is 10.1. The molecule has 1 aromatic carbocycles. The average molecular weight is 295 g/mol. The number of nitrogens with two attached hydrogens (primary N) is 1. The minimum absolute atomic E-state index is 0. The molecule has 0 aliphatic carbocycles. The van der Waals surface area contributed by atoms with Crippen molar-refractivity contribution in [1.29, 1.82) is 0 Å². The third-order valence-corrected chi connectivity index (χ3v) is 2.70. The molecule has 0 saturated carbocycles. The van der Waals surface area contributed by atoms with Crippen molar-refractivity contribution in [2.75, 3.05) is 13.2 Å². The first kappa shape index (κ1) is 16.3. The largest absolute Gasteiger partial charge is 0.474 e. The Bertz CT molecular complexity index is 538. The van der Waals surface area contributed by atoms with Gasteiger partial charge in [-0.3, -0.25) is 0 Å². The normalized spacial score (nSPS) is 10.5. The Labute approximate surface area is 125 Å². The molecule has 0 bridgehead atoms. The minimum Gasteiger partial charge on any atom is -0.474 e. The van der Waals surface area contributed by atoms with Crippen molar-refractivity contribution in [3.05, 3.63) is 48.0 Å². The van der Waals surface area contributed by atoms with Crippen molar-refractivity contribution in [3.8, 4) is 17.2 Å². The lowest BCUT2D eigenvalue weighted by molar-refractivity contribution is 0.287. The number of hydrogen-bond donors (Lipinski definition) is 1. The van der Waals surface area contributed by atoms with Gasteiger partial charge in [0.05, 0.1) is 5.56 Å². The van der Waals surface area contributed by atoms with Crippen LogP contribution in [0.5, 0.6) is 5.88 Å². The van der Waals surface area contributed by atoms with Crippen LogP contribution in [0.4, 0.5) is 0 Å². The van der Waals surface area contributed by atoms with Gasteiger partial charge in [0.25, 0.3) is 5.88 Å². The van der Waals surface area contributed by atoms with Crippen molar-refractivity contribution < 1.29 is 9.26 Å². The highest BCUT2D eigenvalue weighted by Gasteiger charge is 2.17. The van der Waals surface area contributed by atoms with Gasteiger partial charge in [-0.1, -0.05) is 42.5 Å². The van der Waals surface area contributed by atoms with Crippen LogP contribution in [0.1, 0.15) is 12.5 Å². The first-order valence-electron chi connectivity index (χ1n) is 6.34. The van der Waals surface area contributed by atoms with Crippen LogP contribution in [0.15, 0.2) is 47.0 Å². The predicted molar refractivity (Wildman–Crippen MR) is 82.3 cm³/mol. The molecule has 108 valence electrons. The molecule has 0 amide bonds. The van der Waals surface area contributed by atoms with Gasteiger partial charge in [0, 0.05) is 12.1 Å². The Balaban J connectivity index is 0.00000200. The van der Waals surface area contributed by atoms with Crippen LogP contribution in [0, 0.1) is 0 Å². The van der Waals surface area contributed by atoms with Gasteiger partial charge in [0.1, 0.15) is 6.61 Å². The molecule has 0 atom stereocenters. The molecule has 0 radical (unpaired) electrons. The molecule has 20 heavy (non-hydrogen) atoms. The van der Waals surface area contributed by atoms with Crippen LogP contribution in [0.3, 0.4) is 0 Å². The maximum Gasteiger partial charge on any atom is 0.258 e. The van der Waals surface area contributed by atoms with Crippen molar-refractivity contribution in [3.63, 3.8) is 0 Å². The van der Waals surface area contributed by atoms with Gasteiger partial charge < -0.3 is 15.0 Å². The molecule has 2 N–H and O–H groups in total. The van der Waals surface area contributed by atoms with Crippen LogP contribution in [0.2, 0.25) is 0 Å². The molecule has 5 heteroatoms. The van der Waals surface area contributed by atoms with Crippen LogP contribution in [-0.2, 0) is 6.42 Å². The second-order valence-electron chi connectivity index (χ2n) is 4.07. The number of aromatic nitrogens is 1. The second kappa shape index (κ2) is 8.40. The number of hydrogen-bond acceptors (Lipinski definition) is 4. The van der Waals surface area contributed by atoms with E-state index in [1.807, 2.05) is 49.4 Å². The van der Waals surface area contributed by atoms with E-state index in [-0.39, 0.29) is 12.4 Å². The van der Waals surface area contributed by atoms with Crippen LogP contribution < -0.4 is 10.5 Å². The van der Waals surface area contributed by atoms with Crippen molar-refractivity contribution in [2.45, 2.75) is 13.3 Å². The minimum atomic E-state index is 0. The Morgan fingerprint density at radius 3 is 2.70 bits per heavy atom. The maximum atomic E-state index is 5.52. The van der Waals surface area contributed by atoms with E-state index in [0.29, 0.717) is 19.0 Å². The topological polar surface area (TPSA) is 61.3 Å².